The number of carbonyl (C=O) groups excluding carboxylic acids is 1. The highest BCUT2D eigenvalue weighted by Gasteiger charge is 2.34. The Balaban J connectivity index is 1.63. The van der Waals surface area contributed by atoms with Crippen molar-refractivity contribution in [3.63, 3.8) is 0 Å². The Kier molecular flexibility index (Phi) is 5.90. The molecule has 0 N–H and O–H groups in total. The van der Waals surface area contributed by atoms with Gasteiger partial charge in [0, 0.05) is 32.2 Å². The first-order valence-corrected chi connectivity index (χ1v) is 8.82. The van der Waals surface area contributed by atoms with E-state index in [0.717, 1.165) is 17.7 Å². The zero-order chi connectivity index (χ0) is 21.0. The molecule has 3 rings (SSSR count). The summed E-state index contributed by atoms with van der Waals surface area (Å²) >= 11 is 0. The zero-order valence-electron chi connectivity index (χ0n) is 15.3. The van der Waals surface area contributed by atoms with Gasteiger partial charge in [-0.2, -0.15) is 13.2 Å². The fourth-order valence-electron chi connectivity index (χ4n) is 3.05. The van der Waals surface area contributed by atoms with Crippen LogP contribution >= 0.6 is 0 Å². The van der Waals surface area contributed by atoms with Gasteiger partial charge in [0.1, 0.15) is 12.3 Å². The van der Waals surface area contributed by atoms with Gasteiger partial charge in [0.05, 0.1) is 10.5 Å². The lowest BCUT2D eigenvalue weighted by Crippen LogP contribution is -2.49. The summed E-state index contributed by atoms with van der Waals surface area (Å²) in [6.45, 7) is 1.10. The van der Waals surface area contributed by atoms with Gasteiger partial charge in [0.25, 0.3) is 5.69 Å². The lowest BCUT2D eigenvalue weighted by molar-refractivity contribution is -0.384. The van der Waals surface area contributed by atoms with Gasteiger partial charge in [0.15, 0.2) is 0 Å². The van der Waals surface area contributed by atoms with Crippen molar-refractivity contribution in [1.82, 2.24) is 4.90 Å². The maximum atomic E-state index is 12.8. The number of nitrogens with zero attached hydrogens (tertiary/aromatic N) is 3. The van der Waals surface area contributed by atoms with Gasteiger partial charge in [0.2, 0.25) is 0 Å². The highest BCUT2D eigenvalue weighted by Crippen LogP contribution is 2.36. The molecule has 0 atom stereocenters. The van der Waals surface area contributed by atoms with Crippen LogP contribution in [0.5, 0.6) is 0 Å². The summed E-state index contributed by atoms with van der Waals surface area (Å²) in [6, 6.07) is 11.6. The third-order valence-corrected chi connectivity index (χ3v) is 4.58. The van der Waals surface area contributed by atoms with Crippen LogP contribution in [0.1, 0.15) is 11.1 Å². The highest BCUT2D eigenvalue weighted by atomic mass is 19.4. The summed E-state index contributed by atoms with van der Waals surface area (Å²) in [6.07, 6.45) is -5.17. The fourth-order valence-corrected chi connectivity index (χ4v) is 3.05. The molecular weight excluding hydrogens is 391 g/mol. The number of hydrogen-bond acceptors (Lipinski definition) is 5. The SMILES string of the molecule is O=C(OCc1ccccc1)N1CCN(c2ccc(C(F)(F)F)cc2[N+](=O)[O-])CC1. The zero-order valence-corrected chi connectivity index (χ0v) is 15.3. The Labute approximate surface area is 164 Å². The van der Waals surface area contributed by atoms with Gasteiger partial charge >= 0.3 is 12.3 Å². The van der Waals surface area contributed by atoms with Crippen LogP contribution in [0.15, 0.2) is 48.5 Å². The number of nitro benzene ring substituents is 1. The number of rotatable bonds is 4. The number of hydrogen-bond donors (Lipinski definition) is 0. The molecule has 0 saturated carbocycles. The minimum atomic E-state index is -4.66. The molecule has 2 aromatic carbocycles. The minimum Gasteiger partial charge on any atom is -0.445 e. The molecule has 1 saturated heterocycles. The molecule has 10 heteroatoms. The number of halogens is 3. The van der Waals surface area contributed by atoms with Crippen molar-refractivity contribution in [2.75, 3.05) is 31.1 Å². The summed E-state index contributed by atoms with van der Waals surface area (Å²) < 4.78 is 43.8. The Morgan fingerprint density at radius 2 is 1.72 bits per heavy atom. The molecule has 0 aliphatic carbocycles. The van der Waals surface area contributed by atoms with Crippen LogP contribution < -0.4 is 4.90 Å². The standard InChI is InChI=1S/C19H18F3N3O4/c20-19(21,22)15-6-7-16(17(12-15)25(27)28)23-8-10-24(11-9-23)18(26)29-13-14-4-2-1-3-5-14/h1-7,12H,8-11,13H2. The van der Waals surface area contributed by atoms with Crippen LogP contribution in [0, 0.1) is 10.1 Å². The van der Waals surface area contributed by atoms with Crippen LogP contribution in [-0.2, 0) is 17.5 Å². The van der Waals surface area contributed by atoms with Gasteiger partial charge in [-0.3, -0.25) is 10.1 Å². The van der Waals surface area contributed by atoms with Crippen LogP contribution in [0.2, 0.25) is 0 Å². The van der Waals surface area contributed by atoms with E-state index < -0.39 is 28.4 Å². The second-order valence-corrected chi connectivity index (χ2v) is 6.47. The smallest absolute Gasteiger partial charge is 0.416 e. The van der Waals surface area contributed by atoms with E-state index in [9.17, 15) is 28.1 Å². The first-order chi connectivity index (χ1) is 13.8. The van der Waals surface area contributed by atoms with E-state index in [1.54, 1.807) is 4.90 Å². The van der Waals surface area contributed by atoms with Crippen LogP contribution in [-0.4, -0.2) is 42.1 Å². The average Bonchev–Trinajstić information content (AvgIpc) is 2.71. The van der Waals surface area contributed by atoms with Crippen molar-refractivity contribution in [2.45, 2.75) is 12.8 Å². The molecule has 0 aromatic heterocycles. The Hall–Kier alpha value is -3.30. The normalized spacial score (nSPS) is 14.6. The molecule has 29 heavy (non-hydrogen) atoms. The van der Waals surface area contributed by atoms with Crippen molar-refractivity contribution in [2.24, 2.45) is 0 Å². The highest BCUT2D eigenvalue weighted by molar-refractivity contribution is 5.69. The first-order valence-electron chi connectivity index (χ1n) is 8.82. The monoisotopic (exact) mass is 409 g/mol. The van der Waals surface area contributed by atoms with Crippen molar-refractivity contribution in [3.8, 4) is 0 Å². The Morgan fingerprint density at radius 3 is 2.31 bits per heavy atom. The van der Waals surface area contributed by atoms with Crippen LogP contribution in [0.25, 0.3) is 0 Å². The van der Waals surface area contributed by atoms with Gasteiger partial charge in [-0.1, -0.05) is 30.3 Å². The largest absolute Gasteiger partial charge is 0.445 e. The maximum absolute atomic E-state index is 12.8. The van der Waals surface area contributed by atoms with E-state index >= 15 is 0 Å². The van der Waals surface area contributed by atoms with Gasteiger partial charge < -0.3 is 14.5 Å². The fraction of sp³-hybridized carbons (Fsp3) is 0.316. The number of alkyl halides is 3. The van der Waals surface area contributed by atoms with E-state index in [-0.39, 0.29) is 38.5 Å². The maximum Gasteiger partial charge on any atom is 0.416 e. The lowest BCUT2D eigenvalue weighted by atomic mass is 10.1. The van der Waals surface area contributed by atoms with E-state index in [2.05, 4.69) is 0 Å². The molecular formula is C19H18F3N3O4. The number of carbonyl (C=O) groups is 1. The van der Waals surface area contributed by atoms with Gasteiger partial charge in [-0.15, -0.1) is 0 Å². The second-order valence-electron chi connectivity index (χ2n) is 6.47. The van der Waals surface area contributed by atoms with E-state index in [0.29, 0.717) is 6.07 Å². The lowest BCUT2D eigenvalue weighted by Gasteiger charge is -2.35. The summed E-state index contributed by atoms with van der Waals surface area (Å²) in [5.74, 6) is 0. The molecule has 154 valence electrons. The molecule has 0 radical (unpaired) electrons. The number of nitro groups is 1. The molecule has 1 heterocycles. The third kappa shape index (κ3) is 4.95. The molecule has 2 aromatic rings. The molecule has 0 spiro atoms. The summed E-state index contributed by atoms with van der Waals surface area (Å²) in [5.41, 5.74) is -0.740. The number of anilines is 1. The molecule has 1 fully saturated rings. The van der Waals surface area contributed by atoms with Crippen molar-refractivity contribution in [3.05, 3.63) is 69.8 Å². The summed E-state index contributed by atoms with van der Waals surface area (Å²) in [7, 11) is 0. The van der Waals surface area contributed by atoms with E-state index in [1.807, 2.05) is 30.3 Å². The van der Waals surface area contributed by atoms with E-state index in [4.69, 9.17) is 4.74 Å². The summed E-state index contributed by atoms with van der Waals surface area (Å²) in [5, 5.41) is 11.3. The average molecular weight is 409 g/mol. The van der Waals surface area contributed by atoms with Crippen molar-refractivity contribution >= 4 is 17.5 Å². The van der Waals surface area contributed by atoms with Crippen LogP contribution in [0.4, 0.5) is 29.3 Å². The van der Waals surface area contributed by atoms with Gasteiger partial charge in [-0.25, -0.2) is 4.79 Å². The number of piperazine rings is 1. The Morgan fingerprint density at radius 1 is 1.07 bits per heavy atom. The molecule has 0 unspecified atom stereocenters. The number of amides is 1. The topological polar surface area (TPSA) is 75.9 Å². The molecule has 1 amide bonds. The number of ether oxygens (including phenoxy) is 1. The molecule has 0 bridgehead atoms. The minimum absolute atomic E-state index is 0.0975. The third-order valence-electron chi connectivity index (χ3n) is 4.58. The van der Waals surface area contributed by atoms with Crippen molar-refractivity contribution in [1.29, 1.82) is 0 Å². The molecule has 1 aliphatic heterocycles. The predicted molar refractivity (Wildman–Crippen MR) is 98.5 cm³/mol. The predicted octanol–water partition coefficient (Wildman–Crippen LogP) is 4.07. The number of benzene rings is 2. The Bertz CT molecular complexity index is 882. The molecule has 7 nitrogen and oxygen atoms in total. The quantitative estimate of drug-likeness (QED) is 0.562. The van der Waals surface area contributed by atoms with Crippen LogP contribution in [0.3, 0.4) is 0 Å². The van der Waals surface area contributed by atoms with E-state index in [1.165, 1.54) is 4.90 Å². The van der Waals surface area contributed by atoms with Gasteiger partial charge in [-0.05, 0) is 17.7 Å². The second kappa shape index (κ2) is 8.38. The van der Waals surface area contributed by atoms with Crippen molar-refractivity contribution < 1.29 is 27.6 Å². The first kappa shape index (κ1) is 20.4. The summed E-state index contributed by atoms with van der Waals surface area (Å²) in [4.78, 5) is 25.7. The molecule has 1 aliphatic rings.